The first-order chi connectivity index (χ1) is 51.2. The van der Waals surface area contributed by atoms with Gasteiger partial charge in [-0.05, 0) is 0 Å². The van der Waals surface area contributed by atoms with Crippen molar-refractivity contribution in [1.29, 1.82) is 0 Å². The Morgan fingerprint density at radius 3 is 0.954 bits per heavy atom. The maximum atomic E-state index is 13.3. The van der Waals surface area contributed by atoms with Gasteiger partial charge in [0, 0.05) is 27.7 Å². The zero-order valence-corrected chi connectivity index (χ0v) is 58.2. The van der Waals surface area contributed by atoms with Gasteiger partial charge in [0.25, 0.3) is 0 Å². The molecule has 0 radical (unpaired) electrons. The summed E-state index contributed by atoms with van der Waals surface area (Å²) in [5.74, 6) is -3.62. The van der Waals surface area contributed by atoms with Crippen molar-refractivity contribution in [2.75, 3.05) is 66.1 Å². The second-order valence-electron chi connectivity index (χ2n) is 26.8. The third-order valence-electron chi connectivity index (χ3n) is 19.2. The summed E-state index contributed by atoms with van der Waals surface area (Å²) in [6.45, 7) is -5.79. The summed E-state index contributed by atoms with van der Waals surface area (Å²) in [5, 5.41) is 256. The quantitative estimate of drug-likeness (QED) is 0.0278. The van der Waals surface area contributed by atoms with E-state index < -0.39 is 341 Å². The normalized spacial score (nSPS) is 46.2. The molecule has 0 spiro atoms. The van der Waals surface area contributed by atoms with Crippen LogP contribution in [0.5, 0.6) is 0 Å². The van der Waals surface area contributed by atoms with Crippen molar-refractivity contribution >= 4 is 30.0 Å². The van der Waals surface area contributed by atoms with E-state index in [4.69, 9.17) is 75.8 Å². The monoisotopic (exact) mass is 1580 g/mol. The Balaban J connectivity index is 1.10. The summed E-state index contributed by atoms with van der Waals surface area (Å²) >= 11 is 0. The maximum Gasteiger partial charge on any atom is 0.217 e. The second-order valence-corrected chi connectivity index (χ2v) is 26.8. The maximum absolute atomic E-state index is 13.3. The molecule has 8 rings (SSSR count). The third-order valence-corrected chi connectivity index (χ3v) is 19.2. The second kappa shape index (κ2) is 40.2. The number of carbonyl (C=O) groups excluding carboxylic acids is 5. The fourth-order valence-corrected chi connectivity index (χ4v) is 13.6. The van der Waals surface area contributed by atoms with E-state index in [-0.39, 0.29) is 6.41 Å². The van der Waals surface area contributed by atoms with Gasteiger partial charge in [0.1, 0.15) is 195 Å². The van der Waals surface area contributed by atoms with Crippen molar-refractivity contribution in [3.8, 4) is 0 Å². The summed E-state index contributed by atoms with van der Waals surface area (Å²) in [5.41, 5.74) is 0. The average Bonchev–Trinajstić information content (AvgIpc) is 0.770. The van der Waals surface area contributed by atoms with Crippen molar-refractivity contribution in [2.45, 2.75) is 279 Å². The lowest BCUT2D eigenvalue weighted by atomic mass is 9.93. The first-order valence-corrected chi connectivity index (χ1v) is 34.3. The fourth-order valence-electron chi connectivity index (χ4n) is 13.6. The lowest BCUT2D eigenvalue weighted by Gasteiger charge is -2.51. The van der Waals surface area contributed by atoms with Crippen LogP contribution in [0.25, 0.3) is 0 Å². The van der Waals surface area contributed by atoms with Gasteiger partial charge in [-0.3, -0.25) is 24.0 Å². The van der Waals surface area contributed by atoms with Gasteiger partial charge in [-0.25, -0.2) is 0 Å². The molecule has 48 nitrogen and oxygen atoms in total. The lowest BCUT2D eigenvalue weighted by molar-refractivity contribution is -0.386. The highest BCUT2D eigenvalue weighted by Crippen LogP contribution is 2.39. The number of carbonyl (C=O) groups is 5. The Hall–Kier alpha value is -4.17. The van der Waals surface area contributed by atoms with E-state index >= 15 is 0 Å². The highest BCUT2D eigenvalue weighted by Gasteiger charge is 2.60. The number of nitrogens with one attached hydrogen (secondary N) is 5. The van der Waals surface area contributed by atoms with Crippen molar-refractivity contribution in [2.24, 2.45) is 0 Å². The van der Waals surface area contributed by atoms with E-state index in [9.17, 15) is 136 Å². The van der Waals surface area contributed by atoms with Gasteiger partial charge < -0.3 is 215 Å². The largest absolute Gasteiger partial charge is 0.394 e. The number of hydrogen-bond donors (Lipinski definition) is 27. The van der Waals surface area contributed by atoms with Crippen LogP contribution in [0.3, 0.4) is 0 Å². The smallest absolute Gasteiger partial charge is 0.217 e. The summed E-state index contributed by atoms with van der Waals surface area (Å²) in [6.07, 6.45) is -73.0. The molecule has 8 fully saturated rings. The van der Waals surface area contributed by atoms with Gasteiger partial charge in [-0.15, -0.1) is 0 Å². The molecule has 624 valence electrons. The number of rotatable bonds is 32. The van der Waals surface area contributed by atoms with Crippen LogP contribution in [0.4, 0.5) is 0 Å². The minimum Gasteiger partial charge on any atom is -0.394 e. The molecule has 8 aliphatic heterocycles. The van der Waals surface area contributed by atoms with E-state index in [1.165, 1.54) is 0 Å². The molecule has 27 N–H and O–H groups in total. The van der Waals surface area contributed by atoms with Crippen molar-refractivity contribution in [1.82, 2.24) is 26.6 Å². The fraction of sp³-hybridized carbons (Fsp3) is 0.917. The molecule has 0 bridgehead atoms. The molecule has 5 amide bonds. The Morgan fingerprint density at radius 1 is 0.306 bits per heavy atom. The van der Waals surface area contributed by atoms with E-state index in [1.807, 2.05) is 0 Å². The summed E-state index contributed by atoms with van der Waals surface area (Å²) in [7, 11) is 0. The number of aliphatic hydroxyl groups is 22. The van der Waals surface area contributed by atoms with Crippen LogP contribution in [0, 0.1) is 0 Å². The minimum absolute atomic E-state index is 0.249. The Morgan fingerprint density at radius 2 is 0.593 bits per heavy atom. The topological polar surface area (TPSA) is 738 Å². The highest BCUT2D eigenvalue weighted by molar-refractivity contribution is 5.74. The highest BCUT2D eigenvalue weighted by atomic mass is 16.8. The average molecular weight is 1580 g/mol. The number of aliphatic hydroxyl groups excluding tert-OH is 22. The molecule has 8 heterocycles. The van der Waals surface area contributed by atoms with Crippen molar-refractivity contribution < 1.29 is 212 Å². The molecule has 48 heteroatoms. The first kappa shape index (κ1) is 89.4. The van der Waals surface area contributed by atoms with Crippen LogP contribution < -0.4 is 26.6 Å². The predicted octanol–water partition coefficient (Wildman–Crippen LogP) is -18.7. The zero-order chi connectivity index (χ0) is 79.6. The lowest BCUT2D eigenvalue weighted by Crippen LogP contribution is -2.71. The van der Waals surface area contributed by atoms with Gasteiger partial charge in [-0.2, -0.15) is 0 Å². The van der Waals surface area contributed by atoms with Crippen LogP contribution in [-0.4, -0.2) is 460 Å². The standard InChI is InChI=1S/C60H101N5O43/c1-16(75)62-29-40(86)33(79)21(6-67)96-54(29)106-50-37(83)26(11-72)100-59(45(50)91)104-48-31(64-18(3)77)53(95-23(8-69)35(48)81)94-14-28-39(85)52(107-55-30(63-17(2)76)41(87)34(80)22(7-68)97-55)46(92)60(102-28)105-49-32(65-19(4)78)56(98-24(9-70)36(49)82)108-51-38(84)25(10-71)99-58(44(51)90)103-47-27(12-73)101-57(43(89)42(47)88)93-13-20(5-66)61-15-74/h15,20-60,66-73,79-92H,5-14H2,1-4H3,(H,61,74)(H,62,75)(H,63,76)(H,64,77)(H,65,78)/t20-,21-,22-,23-,24-,25-,26-,27-,28-,29-,30-,31-,32-,33+,34-,35-,36-,37+,38+,39+,40-,41-,42-,43-,44-,45-,46-,47-,48-,49-,50+,51+,52+,53-,54-,55+,56+,57-,58+,59+,60+/m1/s1. The van der Waals surface area contributed by atoms with E-state index in [1.54, 1.807) is 0 Å². The molecule has 0 aliphatic carbocycles. The van der Waals surface area contributed by atoms with Gasteiger partial charge >= 0.3 is 0 Å². The molecule has 8 aliphatic rings. The molecule has 0 unspecified atom stereocenters. The third kappa shape index (κ3) is 20.5. The molecular formula is C60H101N5O43. The first-order valence-electron chi connectivity index (χ1n) is 34.3. The zero-order valence-electron chi connectivity index (χ0n) is 58.2. The van der Waals surface area contributed by atoms with Crippen LogP contribution in [0.1, 0.15) is 27.7 Å². The van der Waals surface area contributed by atoms with Gasteiger partial charge in [0.2, 0.25) is 30.0 Å². The minimum atomic E-state index is -2.47. The summed E-state index contributed by atoms with van der Waals surface area (Å²) in [6, 6.07) is -8.39. The van der Waals surface area contributed by atoms with Crippen LogP contribution >= 0.6 is 0 Å². The van der Waals surface area contributed by atoms with Crippen molar-refractivity contribution in [3.05, 3.63) is 0 Å². The number of amides is 5. The van der Waals surface area contributed by atoms with E-state index in [0.717, 1.165) is 27.7 Å². The molecule has 8 saturated heterocycles. The van der Waals surface area contributed by atoms with Crippen LogP contribution in [0.15, 0.2) is 0 Å². The Bertz CT molecular complexity index is 2830. The van der Waals surface area contributed by atoms with Crippen molar-refractivity contribution in [3.63, 3.8) is 0 Å². The number of hydrogen-bond acceptors (Lipinski definition) is 43. The molecule has 0 aromatic heterocycles. The summed E-state index contributed by atoms with van der Waals surface area (Å²) in [4.78, 5) is 62.3. The molecule has 0 saturated carbocycles. The SMILES string of the molecule is CC(=O)N[C@H]1[C@@H](O[C@H]2[C@@H](O)[C@@H](CO)O[C@@H](O[C@H]3[C@H](O)[C@@H](CO)O[C@@H](OC[C@H]4O[C@@H](O[C@H]5[C@H](O)[C@@H](CO)O[C@@H](O[C@H]6[C@@H](O)[C@@H](CO)O[C@@H](O[C@H]7[C@H](O)[C@@H](O)[C@H](OC[C@@H](CO)NC=O)O[C@@H]7CO)[C@@H]6O)[C@@H]5NC(C)=O)[C@H](O)[C@@H](O[C@@H]5O[C@H](CO)[C@@H](O)[C@H](O)[C@H]5NC(C)=O)[C@H]4O)[C@@H]3NC(C)=O)[C@@H]2O)O[C@H](CO)[C@H](O)[C@@H]1O. The molecule has 0 aromatic carbocycles. The molecule has 0 aromatic rings. The van der Waals surface area contributed by atoms with Gasteiger partial charge in [0.15, 0.2) is 50.3 Å². The molecular weight excluding hydrogens is 1480 g/mol. The van der Waals surface area contributed by atoms with E-state index in [2.05, 4.69) is 26.6 Å². The molecule has 41 atom stereocenters. The van der Waals surface area contributed by atoms with Crippen LogP contribution in [0.2, 0.25) is 0 Å². The van der Waals surface area contributed by atoms with Gasteiger partial charge in [-0.1, -0.05) is 0 Å². The predicted molar refractivity (Wildman–Crippen MR) is 335 cm³/mol. The van der Waals surface area contributed by atoms with Crippen LogP contribution in [-0.2, 0) is 99.8 Å². The molecule has 108 heavy (non-hydrogen) atoms. The van der Waals surface area contributed by atoms with Gasteiger partial charge in [0.05, 0.1) is 72.1 Å². The van der Waals surface area contributed by atoms with E-state index in [0.29, 0.717) is 0 Å². The Labute approximate surface area is 612 Å². The number of ether oxygens (including phenoxy) is 16. The Kier molecular flexibility index (Phi) is 33.3. The summed E-state index contributed by atoms with van der Waals surface area (Å²) < 4.78 is 94.4.